The number of rotatable bonds is 2. The molecule has 0 saturated heterocycles. The van der Waals surface area contributed by atoms with Crippen molar-refractivity contribution in [3.8, 4) is 0 Å². The molecule has 25 heavy (non-hydrogen) atoms. The van der Waals surface area contributed by atoms with Gasteiger partial charge in [0, 0.05) is 16.5 Å². The first-order valence-electron chi connectivity index (χ1n) is 9.24. The Morgan fingerprint density at radius 2 is 1.44 bits per heavy atom. The Hall–Kier alpha value is -2.35. The zero-order valence-electron chi connectivity index (χ0n) is 16.0. The van der Waals surface area contributed by atoms with E-state index in [4.69, 9.17) is 4.98 Å². The summed E-state index contributed by atoms with van der Waals surface area (Å²) in [6, 6.07) is 13.4. The molecule has 2 heteroatoms. The normalized spacial score (nSPS) is 12.3. The molecule has 0 aliphatic rings. The summed E-state index contributed by atoms with van der Waals surface area (Å²) in [4.78, 5) is 5.13. The SMILES string of the molecule is Cc1cc2c3ccccc3c3nc(C(C)C)c(C(C)C)n3c2cc1C. The Morgan fingerprint density at radius 3 is 2.08 bits per heavy atom. The molecule has 4 rings (SSSR count). The quantitative estimate of drug-likeness (QED) is 0.383. The van der Waals surface area contributed by atoms with Crippen molar-refractivity contribution >= 4 is 27.3 Å². The highest BCUT2D eigenvalue weighted by Crippen LogP contribution is 2.36. The average Bonchev–Trinajstić information content (AvgIpc) is 2.98. The second kappa shape index (κ2) is 5.59. The van der Waals surface area contributed by atoms with Crippen LogP contribution in [0.2, 0.25) is 0 Å². The minimum absolute atomic E-state index is 0.414. The lowest BCUT2D eigenvalue weighted by Gasteiger charge is -2.15. The van der Waals surface area contributed by atoms with E-state index in [1.54, 1.807) is 0 Å². The minimum Gasteiger partial charge on any atom is -0.296 e. The fourth-order valence-corrected chi connectivity index (χ4v) is 3.97. The molecule has 2 heterocycles. The summed E-state index contributed by atoms with van der Waals surface area (Å²) in [7, 11) is 0. The van der Waals surface area contributed by atoms with Gasteiger partial charge in [-0.1, -0.05) is 52.0 Å². The Balaban J connectivity index is 2.37. The zero-order chi connectivity index (χ0) is 17.9. The summed E-state index contributed by atoms with van der Waals surface area (Å²) in [6.07, 6.45) is 0. The van der Waals surface area contributed by atoms with Gasteiger partial charge < -0.3 is 0 Å². The van der Waals surface area contributed by atoms with Gasteiger partial charge in [-0.3, -0.25) is 4.40 Å². The third kappa shape index (κ3) is 2.27. The monoisotopic (exact) mass is 330 g/mol. The van der Waals surface area contributed by atoms with Crippen molar-refractivity contribution in [2.75, 3.05) is 0 Å². The number of imidazole rings is 1. The van der Waals surface area contributed by atoms with Gasteiger partial charge in [0.1, 0.15) is 5.65 Å². The molecular weight excluding hydrogens is 304 g/mol. The second-order valence-electron chi connectivity index (χ2n) is 7.85. The van der Waals surface area contributed by atoms with E-state index in [1.807, 2.05) is 0 Å². The number of hydrogen-bond acceptors (Lipinski definition) is 1. The van der Waals surface area contributed by atoms with Crippen LogP contribution in [0, 0.1) is 13.8 Å². The predicted octanol–water partition coefficient (Wildman–Crippen LogP) is 6.50. The highest BCUT2D eigenvalue weighted by atomic mass is 15.0. The number of aryl methyl sites for hydroxylation is 2. The van der Waals surface area contributed by atoms with Crippen LogP contribution in [-0.2, 0) is 0 Å². The van der Waals surface area contributed by atoms with Crippen LogP contribution >= 0.6 is 0 Å². The third-order valence-corrected chi connectivity index (χ3v) is 5.35. The van der Waals surface area contributed by atoms with Crippen molar-refractivity contribution in [1.29, 1.82) is 0 Å². The topological polar surface area (TPSA) is 17.3 Å². The summed E-state index contributed by atoms with van der Waals surface area (Å²) in [5, 5.41) is 3.86. The number of nitrogens with zero attached hydrogens (tertiary/aromatic N) is 2. The van der Waals surface area contributed by atoms with Crippen LogP contribution in [0.15, 0.2) is 36.4 Å². The van der Waals surface area contributed by atoms with Crippen molar-refractivity contribution in [3.63, 3.8) is 0 Å². The number of benzene rings is 2. The Bertz CT molecular complexity index is 1110. The molecule has 0 aliphatic carbocycles. The molecule has 0 unspecified atom stereocenters. The molecule has 0 fully saturated rings. The summed E-state index contributed by atoms with van der Waals surface area (Å²) >= 11 is 0. The van der Waals surface area contributed by atoms with Crippen LogP contribution in [0.4, 0.5) is 0 Å². The molecule has 0 bridgehead atoms. The van der Waals surface area contributed by atoms with Crippen LogP contribution in [0.3, 0.4) is 0 Å². The molecule has 2 aromatic heterocycles. The first kappa shape index (κ1) is 16.1. The van der Waals surface area contributed by atoms with Crippen LogP contribution in [-0.4, -0.2) is 9.38 Å². The maximum atomic E-state index is 5.13. The molecule has 0 aliphatic heterocycles. The van der Waals surface area contributed by atoms with Gasteiger partial charge in [0.2, 0.25) is 0 Å². The largest absolute Gasteiger partial charge is 0.296 e. The van der Waals surface area contributed by atoms with Crippen molar-refractivity contribution < 1.29 is 0 Å². The predicted molar refractivity (Wildman–Crippen MR) is 108 cm³/mol. The van der Waals surface area contributed by atoms with Gasteiger partial charge in [-0.15, -0.1) is 0 Å². The van der Waals surface area contributed by atoms with E-state index in [0.717, 1.165) is 5.65 Å². The van der Waals surface area contributed by atoms with Crippen LogP contribution in [0.5, 0.6) is 0 Å². The molecule has 128 valence electrons. The molecule has 0 saturated carbocycles. The fourth-order valence-electron chi connectivity index (χ4n) is 3.97. The first-order valence-corrected chi connectivity index (χ1v) is 9.24. The highest BCUT2D eigenvalue weighted by Gasteiger charge is 2.21. The summed E-state index contributed by atoms with van der Waals surface area (Å²) in [5.74, 6) is 0.844. The van der Waals surface area contributed by atoms with Gasteiger partial charge >= 0.3 is 0 Å². The molecule has 2 aromatic carbocycles. The van der Waals surface area contributed by atoms with Crippen molar-refractivity contribution in [1.82, 2.24) is 9.38 Å². The number of pyridine rings is 1. The van der Waals surface area contributed by atoms with Gasteiger partial charge in [-0.25, -0.2) is 4.98 Å². The molecule has 4 aromatic rings. The third-order valence-electron chi connectivity index (χ3n) is 5.35. The molecule has 0 atom stereocenters. The lowest BCUT2D eigenvalue weighted by Crippen LogP contribution is -2.02. The van der Waals surface area contributed by atoms with Crippen LogP contribution < -0.4 is 0 Å². The molecular formula is C23H26N2. The van der Waals surface area contributed by atoms with Gasteiger partial charge in [0.05, 0.1) is 11.2 Å². The van der Waals surface area contributed by atoms with Crippen LogP contribution in [0.25, 0.3) is 27.3 Å². The molecule has 0 amide bonds. The summed E-state index contributed by atoms with van der Waals surface area (Å²) < 4.78 is 2.42. The minimum atomic E-state index is 0.414. The zero-order valence-corrected chi connectivity index (χ0v) is 16.0. The maximum absolute atomic E-state index is 5.13. The number of fused-ring (bicyclic) bond motifs is 6. The van der Waals surface area contributed by atoms with Gasteiger partial charge in [0.15, 0.2) is 0 Å². The summed E-state index contributed by atoms with van der Waals surface area (Å²) in [6.45, 7) is 13.4. The van der Waals surface area contributed by atoms with Gasteiger partial charge in [0.25, 0.3) is 0 Å². The van der Waals surface area contributed by atoms with Crippen molar-refractivity contribution in [2.45, 2.75) is 53.4 Å². The van der Waals surface area contributed by atoms with E-state index < -0.39 is 0 Å². The Morgan fingerprint density at radius 1 is 0.800 bits per heavy atom. The van der Waals surface area contributed by atoms with E-state index in [1.165, 1.54) is 44.2 Å². The second-order valence-corrected chi connectivity index (χ2v) is 7.85. The molecule has 0 spiro atoms. The lowest BCUT2D eigenvalue weighted by molar-refractivity contribution is 0.749. The van der Waals surface area contributed by atoms with E-state index in [0.29, 0.717) is 11.8 Å². The summed E-state index contributed by atoms with van der Waals surface area (Å²) in [5.41, 5.74) is 7.62. The smallest absolute Gasteiger partial charge is 0.145 e. The molecule has 2 nitrogen and oxygen atoms in total. The van der Waals surface area contributed by atoms with Crippen LogP contribution in [0.1, 0.15) is 62.0 Å². The van der Waals surface area contributed by atoms with E-state index >= 15 is 0 Å². The molecule has 0 N–H and O–H groups in total. The van der Waals surface area contributed by atoms with Crippen molar-refractivity contribution in [2.24, 2.45) is 0 Å². The number of aromatic nitrogens is 2. The first-order chi connectivity index (χ1) is 11.9. The van der Waals surface area contributed by atoms with Gasteiger partial charge in [-0.05, 0) is 54.3 Å². The van der Waals surface area contributed by atoms with E-state index in [9.17, 15) is 0 Å². The highest BCUT2D eigenvalue weighted by molar-refractivity contribution is 6.12. The maximum Gasteiger partial charge on any atom is 0.145 e. The average molecular weight is 330 g/mol. The number of hydrogen-bond donors (Lipinski definition) is 0. The van der Waals surface area contributed by atoms with E-state index in [-0.39, 0.29) is 0 Å². The van der Waals surface area contributed by atoms with Gasteiger partial charge in [-0.2, -0.15) is 0 Å². The molecule has 0 radical (unpaired) electrons. The van der Waals surface area contributed by atoms with E-state index in [2.05, 4.69) is 82.3 Å². The Kier molecular flexibility index (Phi) is 3.61. The lowest BCUT2D eigenvalue weighted by atomic mass is 9.99. The fraction of sp³-hybridized carbons (Fsp3) is 0.348. The Labute approximate surface area is 149 Å². The van der Waals surface area contributed by atoms with Crippen molar-refractivity contribution in [3.05, 3.63) is 58.9 Å². The standard InChI is InChI=1S/C23H26N2/c1-13(2)21-22(14(3)4)25-20-12-16(6)15(5)11-19(20)17-9-7-8-10-18(17)23(25)24-21/h7-14H,1-6H3.